The Labute approximate surface area is 118 Å². The van der Waals surface area contributed by atoms with Crippen LogP contribution in [0.15, 0.2) is 36.7 Å². The molecule has 0 fully saturated rings. The summed E-state index contributed by atoms with van der Waals surface area (Å²) in [5.74, 6) is 5.15. The Kier molecular flexibility index (Phi) is 4.39. The maximum absolute atomic E-state index is 12.2. The van der Waals surface area contributed by atoms with E-state index in [0.717, 1.165) is 5.69 Å². The van der Waals surface area contributed by atoms with Gasteiger partial charge in [0.15, 0.2) is 0 Å². The minimum absolute atomic E-state index is 0.319. The van der Waals surface area contributed by atoms with E-state index >= 15 is 0 Å². The van der Waals surface area contributed by atoms with Crippen molar-refractivity contribution in [2.45, 2.75) is 19.3 Å². The third-order valence-corrected chi connectivity index (χ3v) is 2.69. The van der Waals surface area contributed by atoms with E-state index in [1.54, 1.807) is 19.2 Å². The van der Waals surface area contributed by atoms with Crippen LogP contribution in [0.25, 0.3) is 0 Å². The highest BCUT2D eigenvalue weighted by Crippen LogP contribution is 2.27. The minimum Gasteiger partial charge on any atom is -0.406 e. The first kappa shape index (κ1) is 15.2. The van der Waals surface area contributed by atoms with Gasteiger partial charge >= 0.3 is 6.36 Å². The van der Waals surface area contributed by atoms with E-state index in [0.29, 0.717) is 11.3 Å². The number of alkyl halides is 3. The second kappa shape index (κ2) is 6.06. The summed E-state index contributed by atoms with van der Waals surface area (Å²) in [6.45, 7) is 1.78. The summed E-state index contributed by atoms with van der Waals surface area (Å²) in [7, 11) is 0. The molecule has 0 saturated heterocycles. The number of rotatable bonds is 4. The van der Waals surface area contributed by atoms with E-state index in [1.165, 1.54) is 24.4 Å². The third-order valence-electron chi connectivity index (χ3n) is 2.69. The Morgan fingerprint density at radius 2 is 2.00 bits per heavy atom. The zero-order valence-electron chi connectivity index (χ0n) is 11.1. The maximum Gasteiger partial charge on any atom is 0.573 e. The van der Waals surface area contributed by atoms with Crippen LogP contribution in [0.1, 0.15) is 23.0 Å². The summed E-state index contributed by atoms with van der Waals surface area (Å²) in [4.78, 5) is 8.25. The van der Waals surface area contributed by atoms with Crippen molar-refractivity contribution in [2.75, 3.05) is 0 Å². The van der Waals surface area contributed by atoms with Crippen molar-refractivity contribution in [1.82, 2.24) is 15.4 Å². The molecule has 0 aliphatic rings. The van der Waals surface area contributed by atoms with Gasteiger partial charge in [-0.05, 0) is 24.6 Å². The zero-order valence-corrected chi connectivity index (χ0v) is 11.1. The van der Waals surface area contributed by atoms with Crippen LogP contribution in [-0.2, 0) is 0 Å². The fourth-order valence-corrected chi connectivity index (χ4v) is 1.80. The van der Waals surface area contributed by atoms with Crippen LogP contribution in [-0.4, -0.2) is 16.3 Å². The van der Waals surface area contributed by atoms with Crippen LogP contribution in [0.3, 0.4) is 0 Å². The smallest absolute Gasteiger partial charge is 0.406 e. The number of aromatic nitrogens is 2. The molecule has 1 aromatic carbocycles. The van der Waals surface area contributed by atoms with E-state index in [1.807, 2.05) is 0 Å². The molecule has 0 aliphatic carbocycles. The number of nitrogens with one attached hydrogen (secondary N) is 1. The molecule has 3 N–H and O–H groups in total. The standard InChI is InChI=1S/C13H13F3N4O/c1-8-6-19-11(7-18-8)12(20-17)9-3-2-4-10(5-9)21-13(14,15)16/h2-7,12,20H,17H2,1H3. The highest BCUT2D eigenvalue weighted by molar-refractivity contribution is 5.34. The fourth-order valence-electron chi connectivity index (χ4n) is 1.80. The zero-order chi connectivity index (χ0) is 15.5. The number of ether oxygens (including phenoxy) is 1. The van der Waals surface area contributed by atoms with Crippen LogP contribution >= 0.6 is 0 Å². The van der Waals surface area contributed by atoms with Gasteiger partial charge in [-0.25, -0.2) is 5.43 Å². The van der Waals surface area contributed by atoms with E-state index < -0.39 is 12.4 Å². The largest absolute Gasteiger partial charge is 0.573 e. The predicted octanol–water partition coefficient (Wildman–Crippen LogP) is 2.24. The van der Waals surface area contributed by atoms with Crippen LogP contribution in [0, 0.1) is 6.92 Å². The van der Waals surface area contributed by atoms with E-state index in [4.69, 9.17) is 5.84 Å². The highest BCUT2D eigenvalue weighted by Gasteiger charge is 2.31. The van der Waals surface area contributed by atoms with Gasteiger partial charge in [-0.2, -0.15) is 0 Å². The number of halogens is 3. The average Bonchev–Trinajstić information content (AvgIpc) is 2.40. The van der Waals surface area contributed by atoms with Gasteiger partial charge in [-0.1, -0.05) is 12.1 Å². The van der Waals surface area contributed by atoms with Gasteiger partial charge in [0.2, 0.25) is 0 Å². The Morgan fingerprint density at radius 3 is 2.57 bits per heavy atom. The van der Waals surface area contributed by atoms with Crippen LogP contribution in [0.2, 0.25) is 0 Å². The number of aryl methyl sites for hydroxylation is 1. The normalized spacial score (nSPS) is 13.0. The van der Waals surface area contributed by atoms with Crippen molar-refractivity contribution < 1.29 is 17.9 Å². The number of benzene rings is 1. The molecule has 8 heteroatoms. The van der Waals surface area contributed by atoms with Gasteiger partial charge in [0.05, 0.1) is 23.6 Å². The molecule has 0 saturated carbocycles. The second-order valence-electron chi connectivity index (χ2n) is 4.30. The van der Waals surface area contributed by atoms with Gasteiger partial charge < -0.3 is 4.74 Å². The Morgan fingerprint density at radius 1 is 1.24 bits per heavy atom. The summed E-state index contributed by atoms with van der Waals surface area (Å²) in [6.07, 6.45) is -1.68. The lowest BCUT2D eigenvalue weighted by Crippen LogP contribution is -2.29. The van der Waals surface area contributed by atoms with Crippen molar-refractivity contribution >= 4 is 0 Å². The Balaban J connectivity index is 2.30. The molecular formula is C13H13F3N4O. The summed E-state index contributed by atoms with van der Waals surface area (Å²) in [6, 6.07) is 4.94. The monoisotopic (exact) mass is 298 g/mol. The number of nitrogens with zero attached hydrogens (tertiary/aromatic N) is 2. The molecule has 1 heterocycles. The molecule has 1 atom stereocenters. The number of nitrogens with two attached hydrogens (primary N) is 1. The Bertz CT molecular complexity index is 601. The topological polar surface area (TPSA) is 73.1 Å². The lowest BCUT2D eigenvalue weighted by atomic mass is 10.0. The lowest BCUT2D eigenvalue weighted by Gasteiger charge is -2.17. The van der Waals surface area contributed by atoms with Gasteiger partial charge in [0.25, 0.3) is 0 Å². The molecule has 0 aliphatic heterocycles. The number of hydrazine groups is 1. The van der Waals surface area contributed by atoms with Crippen LogP contribution in [0.5, 0.6) is 5.75 Å². The molecule has 1 aromatic heterocycles. The molecular weight excluding hydrogens is 285 g/mol. The third kappa shape index (κ3) is 4.14. The van der Waals surface area contributed by atoms with Gasteiger partial charge in [-0.15, -0.1) is 13.2 Å². The molecule has 2 aromatic rings. The molecule has 2 rings (SSSR count). The van der Waals surface area contributed by atoms with Gasteiger partial charge in [-0.3, -0.25) is 15.8 Å². The molecule has 0 spiro atoms. The summed E-state index contributed by atoms with van der Waals surface area (Å²) >= 11 is 0. The minimum atomic E-state index is -4.74. The van der Waals surface area contributed by atoms with Crippen molar-refractivity contribution in [3.05, 3.63) is 53.6 Å². The van der Waals surface area contributed by atoms with Crippen molar-refractivity contribution in [3.63, 3.8) is 0 Å². The fraction of sp³-hybridized carbons (Fsp3) is 0.231. The first-order valence-electron chi connectivity index (χ1n) is 5.99. The number of hydrogen-bond acceptors (Lipinski definition) is 5. The average molecular weight is 298 g/mol. The maximum atomic E-state index is 12.2. The van der Waals surface area contributed by atoms with Crippen LogP contribution in [0.4, 0.5) is 13.2 Å². The SMILES string of the molecule is Cc1cnc(C(NN)c2cccc(OC(F)(F)F)c2)cn1. The van der Waals surface area contributed by atoms with Crippen molar-refractivity contribution in [2.24, 2.45) is 5.84 Å². The van der Waals surface area contributed by atoms with E-state index in [-0.39, 0.29) is 5.75 Å². The molecule has 112 valence electrons. The molecule has 21 heavy (non-hydrogen) atoms. The van der Waals surface area contributed by atoms with Crippen molar-refractivity contribution in [3.8, 4) is 5.75 Å². The van der Waals surface area contributed by atoms with Gasteiger partial charge in [0.1, 0.15) is 5.75 Å². The summed E-state index contributed by atoms with van der Waals surface area (Å²) < 4.78 is 40.6. The van der Waals surface area contributed by atoms with Crippen LogP contribution < -0.4 is 16.0 Å². The molecule has 0 radical (unpaired) electrons. The molecule has 5 nitrogen and oxygen atoms in total. The van der Waals surface area contributed by atoms with E-state index in [9.17, 15) is 13.2 Å². The second-order valence-corrected chi connectivity index (χ2v) is 4.30. The molecule has 0 amide bonds. The molecule has 1 unspecified atom stereocenters. The first-order chi connectivity index (χ1) is 9.89. The summed E-state index contributed by atoms with van der Waals surface area (Å²) in [5.41, 5.74) is 4.21. The van der Waals surface area contributed by atoms with Crippen molar-refractivity contribution in [1.29, 1.82) is 0 Å². The number of hydrogen-bond donors (Lipinski definition) is 2. The Hall–Kier alpha value is -2.19. The van der Waals surface area contributed by atoms with E-state index in [2.05, 4.69) is 20.1 Å². The molecule has 0 bridgehead atoms. The highest BCUT2D eigenvalue weighted by atomic mass is 19.4. The predicted molar refractivity (Wildman–Crippen MR) is 69.1 cm³/mol. The first-order valence-corrected chi connectivity index (χ1v) is 5.99. The van der Waals surface area contributed by atoms with Gasteiger partial charge in [0, 0.05) is 6.20 Å². The summed E-state index contributed by atoms with van der Waals surface area (Å²) in [5, 5.41) is 0. The quantitative estimate of drug-likeness (QED) is 0.669. The lowest BCUT2D eigenvalue weighted by molar-refractivity contribution is -0.274.